The van der Waals surface area contributed by atoms with E-state index in [2.05, 4.69) is 6.07 Å². The molecule has 1 atom stereocenters. The zero-order valence-electron chi connectivity index (χ0n) is 8.82. The predicted molar refractivity (Wildman–Crippen MR) is 60.4 cm³/mol. The van der Waals surface area contributed by atoms with Crippen LogP contribution < -0.4 is 0 Å². The molecule has 0 radical (unpaired) electrons. The number of thioether (sulfide) groups is 1. The Bertz CT molecular complexity index is 273. The summed E-state index contributed by atoms with van der Waals surface area (Å²) in [4.78, 5) is 14.0. The van der Waals surface area contributed by atoms with Crippen LogP contribution in [-0.4, -0.2) is 34.9 Å². The van der Waals surface area contributed by atoms with E-state index in [0.29, 0.717) is 5.91 Å². The average Bonchev–Trinajstić information content (AvgIpc) is 2.82. The molecule has 2 aliphatic rings. The van der Waals surface area contributed by atoms with Crippen molar-refractivity contribution in [1.82, 2.24) is 4.90 Å². The van der Waals surface area contributed by atoms with Crippen LogP contribution in [0.4, 0.5) is 0 Å². The second-order valence-electron chi connectivity index (χ2n) is 4.23. The summed E-state index contributed by atoms with van der Waals surface area (Å²) in [6.45, 7) is 1.57. The molecule has 1 unspecified atom stereocenters. The highest BCUT2D eigenvalue weighted by atomic mass is 32.2. The number of nitrogens with zero attached hydrogens (tertiary/aromatic N) is 2. The molecule has 0 aromatic rings. The van der Waals surface area contributed by atoms with E-state index in [0.717, 1.165) is 38.1 Å². The first kappa shape index (κ1) is 10.8. The van der Waals surface area contributed by atoms with E-state index in [1.807, 2.05) is 4.90 Å². The second kappa shape index (κ2) is 4.89. The molecular formula is C11H16N2OS. The molecule has 2 rings (SSSR count). The van der Waals surface area contributed by atoms with Crippen LogP contribution >= 0.6 is 11.8 Å². The summed E-state index contributed by atoms with van der Waals surface area (Å²) >= 11 is 1.79. The van der Waals surface area contributed by atoms with E-state index >= 15 is 0 Å². The minimum absolute atomic E-state index is 0.172. The summed E-state index contributed by atoms with van der Waals surface area (Å²) in [5, 5.41) is 8.98. The first-order chi connectivity index (χ1) is 7.31. The zero-order chi connectivity index (χ0) is 10.7. The molecular weight excluding hydrogens is 208 g/mol. The van der Waals surface area contributed by atoms with Crippen molar-refractivity contribution >= 4 is 17.7 Å². The second-order valence-corrected chi connectivity index (χ2v) is 5.54. The SMILES string of the molecule is N#CC1CCN(C(=O)C2CCCS2)CC1. The van der Waals surface area contributed by atoms with Crippen LogP contribution in [0.5, 0.6) is 0 Å². The Morgan fingerprint density at radius 3 is 2.60 bits per heavy atom. The lowest BCUT2D eigenvalue weighted by molar-refractivity contribution is -0.131. The summed E-state index contributed by atoms with van der Waals surface area (Å²) in [5.74, 6) is 1.62. The number of amides is 1. The molecule has 0 N–H and O–H groups in total. The highest BCUT2D eigenvalue weighted by Crippen LogP contribution is 2.29. The smallest absolute Gasteiger partial charge is 0.235 e. The van der Waals surface area contributed by atoms with Crippen LogP contribution in [0.1, 0.15) is 25.7 Å². The Labute approximate surface area is 94.8 Å². The van der Waals surface area contributed by atoms with Gasteiger partial charge in [0.1, 0.15) is 0 Å². The summed E-state index contributed by atoms with van der Waals surface area (Å²) in [5.41, 5.74) is 0. The molecule has 1 amide bonds. The van der Waals surface area contributed by atoms with Crippen LogP contribution in [0.3, 0.4) is 0 Å². The monoisotopic (exact) mass is 224 g/mol. The van der Waals surface area contributed by atoms with Gasteiger partial charge in [0, 0.05) is 19.0 Å². The molecule has 0 saturated carbocycles. The fraction of sp³-hybridized carbons (Fsp3) is 0.818. The number of hydrogen-bond acceptors (Lipinski definition) is 3. The van der Waals surface area contributed by atoms with Gasteiger partial charge in [-0.1, -0.05) is 0 Å². The molecule has 15 heavy (non-hydrogen) atoms. The molecule has 2 heterocycles. The Morgan fingerprint density at radius 2 is 2.07 bits per heavy atom. The molecule has 0 bridgehead atoms. The van der Waals surface area contributed by atoms with Crippen molar-refractivity contribution in [1.29, 1.82) is 5.26 Å². The number of rotatable bonds is 1. The van der Waals surface area contributed by atoms with Crippen molar-refractivity contribution in [3.63, 3.8) is 0 Å². The van der Waals surface area contributed by atoms with Gasteiger partial charge in [0.2, 0.25) is 5.91 Å². The van der Waals surface area contributed by atoms with Gasteiger partial charge in [-0.05, 0) is 31.4 Å². The maximum Gasteiger partial charge on any atom is 0.235 e. The minimum atomic E-state index is 0.172. The van der Waals surface area contributed by atoms with Crippen molar-refractivity contribution in [3.8, 4) is 6.07 Å². The third kappa shape index (κ3) is 2.46. The van der Waals surface area contributed by atoms with E-state index < -0.39 is 0 Å². The Hall–Kier alpha value is -0.690. The highest BCUT2D eigenvalue weighted by Gasteiger charge is 2.30. The Kier molecular flexibility index (Phi) is 3.53. The zero-order valence-corrected chi connectivity index (χ0v) is 9.63. The molecule has 0 aromatic carbocycles. The number of carbonyl (C=O) groups excluding carboxylic acids is 1. The van der Waals surface area contributed by atoms with Gasteiger partial charge >= 0.3 is 0 Å². The normalized spacial score (nSPS) is 27.7. The lowest BCUT2D eigenvalue weighted by atomic mass is 9.98. The summed E-state index contributed by atoms with van der Waals surface area (Å²) < 4.78 is 0. The fourth-order valence-electron chi connectivity index (χ4n) is 2.21. The molecule has 2 saturated heterocycles. The number of nitriles is 1. The van der Waals surface area contributed by atoms with Crippen molar-refractivity contribution < 1.29 is 4.79 Å². The average molecular weight is 224 g/mol. The Balaban J connectivity index is 1.84. The first-order valence-electron chi connectivity index (χ1n) is 5.61. The number of carbonyl (C=O) groups is 1. The van der Waals surface area contributed by atoms with Gasteiger partial charge in [0.15, 0.2) is 0 Å². The van der Waals surface area contributed by atoms with Crippen LogP contribution in [-0.2, 0) is 4.79 Å². The van der Waals surface area contributed by atoms with Gasteiger partial charge in [-0.3, -0.25) is 4.79 Å². The van der Waals surface area contributed by atoms with E-state index in [1.165, 1.54) is 6.42 Å². The minimum Gasteiger partial charge on any atom is -0.342 e. The van der Waals surface area contributed by atoms with Crippen LogP contribution in [0.15, 0.2) is 0 Å². The summed E-state index contributed by atoms with van der Waals surface area (Å²) in [6.07, 6.45) is 3.94. The molecule has 82 valence electrons. The summed E-state index contributed by atoms with van der Waals surface area (Å²) in [6, 6.07) is 2.29. The quantitative estimate of drug-likeness (QED) is 0.680. The lowest BCUT2D eigenvalue weighted by Crippen LogP contribution is -2.42. The highest BCUT2D eigenvalue weighted by molar-refractivity contribution is 8.00. The van der Waals surface area contributed by atoms with Gasteiger partial charge in [0.05, 0.1) is 11.3 Å². The summed E-state index contributed by atoms with van der Waals surface area (Å²) in [7, 11) is 0. The van der Waals surface area contributed by atoms with E-state index in [1.54, 1.807) is 11.8 Å². The molecule has 2 aliphatic heterocycles. The maximum atomic E-state index is 12.0. The van der Waals surface area contributed by atoms with Gasteiger partial charge < -0.3 is 4.90 Å². The molecule has 0 spiro atoms. The van der Waals surface area contributed by atoms with Crippen molar-refractivity contribution in [2.24, 2.45) is 5.92 Å². The van der Waals surface area contributed by atoms with E-state index in [4.69, 9.17) is 5.26 Å². The molecule has 0 aromatic heterocycles. The third-order valence-electron chi connectivity index (χ3n) is 3.19. The predicted octanol–water partition coefficient (Wildman–Crippen LogP) is 1.64. The number of likely N-dealkylation sites (tertiary alicyclic amines) is 1. The van der Waals surface area contributed by atoms with Gasteiger partial charge in [-0.2, -0.15) is 5.26 Å². The van der Waals surface area contributed by atoms with Crippen LogP contribution in [0, 0.1) is 17.2 Å². The Morgan fingerprint density at radius 1 is 1.33 bits per heavy atom. The lowest BCUT2D eigenvalue weighted by Gasteiger charge is -2.30. The van der Waals surface area contributed by atoms with Crippen molar-refractivity contribution in [3.05, 3.63) is 0 Å². The number of piperidine rings is 1. The van der Waals surface area contributed by atoms with Crippen molar-refractivity contribution in [2.75, 3.05) is 18.8 Å². The van der Waals surface area contributed by atoms with Crippen LogP contribution in [0.2, 0.25) is 0 Å². The van der Waals surface area contributed by atoms with Crippen LogP contribution in [0.25, 0.3) is 0 Å². The largest absolute Gasteiger partial charge is 0.342 e. The maximum absolute atomic E-state index is 12.0. The van der Waals surface area contributed by atoms with E-state index in [-0.39, 0.29) is 11.2 Å². The topological polar surface area (TPSA) is 44.1 Å². The molecule has 3 nitrogen and oxygen atoms in total. The third-order valence-corrected chi connectivity index (χ3v) is 4.56. The van der Waals surface area contributed by atoms with Crippen molar-refractivity contribution in [2.45, 2.75) is 30.9 Å². The molecule has 0 aliphatic carbocycles. The fourth-order valence-corrected chi connectivity index (χ4v) is 3.45. The first-order valence-corrected chi connectivity index (χ1v) is 6.66. The standard InChI is InChI=1S/C11H16N2OS/c12-8-9-3-5-13(6-4-9)11(14)10-2-1-7-15-10/h9-10H,1-7H2. The van der Waals surface area contributed by atoms with Gasteiger partial charge in [-0.15, -0.1) is 11.8 Å². The molecule has 4 heteroatoms. The van der Waals surface area contributed by atoms with Gasteiger partial charge in [0.25, 0.3) is 0 Å². The van der Waals surface area contributed by atoms with Gasteiger partial charge in [-0.25, -0.2) is 0 Å². The molecule has 2 fully saturated rings. The van der Waals surface area contributed by atoms with E-state index in [9.17, 15) is 4.79 Å². The number of hydrogen-bond donors (Lipinski definition) is 0.